The zero-order valence-electron chi connectivity index (χ0n) is 11.9. The van der Waals surface area contributed by atoms with E-state index in [9.17, 15) is 18.0 Å². The number of alkyl halides is 3. The average Bonchev–Trinajstić information content (AvgIpc) is 2.36. The summed E-state index contributed by atoms with van der Waals surface area (Å²) in [6.45, 7) is 4.38. The maximum absolute atomic E-state index is 12.2. The number of nitrogens with two attached hydrogens (primary N) is 1. The van der Waals surface area contributed by atoms with Gasteiger partial charge in [-0.3, -0.25) is 4.79 Å². The van der Waals surface area contributed by atoms with Crippen molar-refractivity contribution in [2.24, 2.45) is 11.7 Å². The molecule has 21 heavy (non-hydrogen) atoms. The predicted molar refractivity (Wildman–Crippen MR) is 78.1 cm³/mol. The van der Waals surface area contributed by atoms with Crippen molar-refractivity contribution in [3.8, 4) is 0 Å². The number of hydrogen-bond donors (Lipinski definition) is 2. The molecule has 0 aromatic heterocycles. The van der Waals surface area contributed by atoms with Crippen LogP contribution in [0.15, 0.2) is 29.2 Å². The van der Waals surface area contributed by atoms with Crippen molar-refractivity contribution >= 4 is 17.7 Å². The minimum atomic E-state index is -4.33. The van der Waals surface area contributed by atoms with Crippen LogP contribution in [0.25, 0.3) is 0 Å². The van der Waals surface area contributed by atoms with Gasteiger partial charge >= 0.3 is 5.51 Å². The molecule has 1 atom stereocenters. The highest BCUT2D eigenvalue weighted by Crippen LogP contribution is 2.36. The highest BCUT2D eigenvalue weighted by atomic mass is 32.2. The van der Waals surface area contributed by atoms with Crippen LogP contribution in [-0.4, -0.2) is 24.0 Å². The molecule has 1 unspecified atom stereocenters. The lowest BCUT2D eigenvalue weighted by molar-refractivity contribution is -0.0328. The van der Waals surface area contributed by atoms with Gasteiger partial charge in [-0.2, -0.15) is 13.2 Å². The molecule has 0 bridgehead atoms. The summed E-state index contributed by atoms with van der Waals surface area (Å²) in [5.74, 6) is 0.0686. The Hall–Kier alpha value is -1.21. The zero-order valence-corrected chi connectivity index (χ0v) is 12.7. The molecule has 3 N–H and O–H groups in total. The molecule has 1 amide bonds. The van der Waals surface area contributed by atoms with Crippen molar-refractivity contribution in [1.29, 1.82) is 0 Å². The topological polar surface area (TPSA) is 55.1 Å². The lowest BCUT2D eigenvalue weighted by Gasteiger charge is -2.18. The van der Waals surface area contributed by atoms with Crippen molar-refractivity contribution in [2.45, 2.75) is 36.7 Å². The van der Waals surface area contributed by atoms with E-state index >= 15 is 0 Å². The third-order valence-electron chi connectivity index (χ3n) is 2.73. The molecule has 118 valence electrons. The molecule has 3 nitrogen and oxygen atoms in total. The summed E-state index contributed by atoms with van der Waals surface area (Å²) < 4.78 is 36.6. The predicted octanol–water partition coefficient (Wildman–Crippen LogP) is 3.40. The van der Waals surface area contributed by atoms with Gasteiger partial charge in [-0.15, -0.1) is 0 Å². The van der Waals surface area contributed by atoms with Gasteiger partial charge in [-0.1, -0.05) is 13.8 Å². The highest BCUT2D eigenvalue weighted by Gasteiger charge is 2.29. The number of amides is 1. The van der Waals surface area contributed by atoms with Crippen molar-refractivity contribution in [1.82, 2.24) is 5.32 Å². The summed E-state index contributed by atoms with van der Waals surface area (Å²) in [5.41, 5.74) is 1.59. The molecule has 1 aromatic carbocycles. The first-order valence-electron chi connectivity index (χ1n) is 6.58. The van der Waals surface area contributed by atoms with Gasteiger partial charge in [-0.05, 0) is 48.4 Å². The Morgan fingerprint density at radius 2 is 1.86 bits per heavy atom. The summed E-state index contributed by atoms with van der Waals surface area (Å²) in [5, 5.41) is 2.79. The van der Waals surface area contributed by atoms with E-state index in [1.807, 2.05) is 13.8 Å². The molecule has 0 aliphatic heterocycles. The van der Waals surface area contributed by atoms with Crippen molar-refractivity contribution in [2.75, 3.05) is 6.54 Å². The summed E-state index contributed by atoms with van der Waals surface area (Å²) in [6, 6.07) is 5.19. The van der Waals surface area contributed by atoms with E-state index in [0.717, 1.165) is 6.42 Å². The third-order valence-corrected chi connectivity index (χ3v) is 3.47. The molecule has 0 radical (unpaired) electrons. The second-order valence-electron chi connectivity index (χ2n) is 5.11. The monoisotopic (exact) mass is 320 g/mol. The molecule has 0 fully saturated rings. The quantitative estimate of drug-likeness (QED) is 0.790. The number of hydrogen-bond acceptors (Lipinski definition) is 3. The number of rotatable bonds is 6. The minimum absolute atomic E-state index is 0.0524. The van der Waals surface area contributed by atoms with Crippen LogP contribution in [0, 0.1) is 5.92 Å². The molecule has 0 saturated carbocycles. The maximum Gasteiger partial charge on any atom is 0.446 e. The first kappa shape index (κ1) is 17.8. The van der Waals surface area contributed by atoms with Crippen LogP contribution in [0.2, 0.25) is 0 Å². The van der Waals surface area contributed by atoms with Crippen LogP contribution in [0.5, 0.6) is 0 Å². The minimum Gasteiger partial charge on any atom is -0.348 e. The number of nitrogens with one attached hydrogen (secondary N) is 1. The third kappa shape index (κ3) is 6.86. The van der Waals surface area contributed by atoms with Gasteiger partial charge in [0.2, 0.25) is 0 Å². The highest BCUT2D eigenvalue weighted by molar-refractivity contribution is 8.00. The van der Waals surface area contributed by atoms with E-state index in [1.165, 1.54) is 24.3 Å². The van der Waals surface area contributed by atoms with Crippen molar-refractivity contribution in [3.05, 3.63) is 29.8 Å². The standard InChI is InChI=1S/C14H19F3N2OS/c1-9(2)7-11(8-18)19-13(20)10-3-5-12(6-4-10)21-14(15,16)17/h3-6,9,11H,7-8,18H2,1-2H3,(H,19,20). The van der Waals surface area contributed by atoms with E-state index in [0.29, 0.717) is 18.0 Å². The Kier molecular flexibility index (Phi) is 6.54. The smallest absolute Gasteiger partial charge is 0.348 e. The van der Waals surface area contributed by atoms with E-state index in [1.54, 1.807) is 0 Å². The maximum atomic E-state index is 12.2. The molecule has 0 saturated heterocycles. The molecular weight excluding hydrogens is 301 g/mol. The van der Waals surface area contributed by atoms with Gasteiger partial charge in [-0.25, -0.2) is 0 Å². The fraction of sp³-hybridized carbons (Fsp3) is 0.500. The first-order valence-corrected chi connectivity index (χ1v) is 7.39. The van der Waals surface area contributed by atoms with Crippen LogP contribution in [0.4, 0.5) is 13.2 Å². The lowest BCUT2D eigenvalue weighted by atomic mass is 10.0. The van der Waals surface area contributed by atoms with E-state index in [2.05, 4.69) is 5.32 Å². The number of carbonyl (C=O) groups is 1. The van der Waals surface area contributed by atoms with E-state index in [-0.39, 0.29) is 28.6 Å². The second kappa shape index (κ2) is 7.70. The number of thioether (sulfide) groups is 1. The van der Waals surface area contributed by atoms with Gasteiger partial charge in [0, 0.05) is 23.0 Å². The zero-order chi connectivity index (χ0) is 16.0. The summed E-state index contributed by atoms with van der Waals surface area (Å²) in [4.78, 5) is 12.0. The van der Waals surface area contributed by atoms with Crippen LogP contribution in [0.1, 0.15) is 30.6 Å². The van der Waals surface area contributed by atoms with Crippen LogP contribution in [-0.2, 0) is 0 Å². The molecule has 1 rings (SSSR count). The molecule has 0 aliphatic rings. The van der Waals surface area contributed by atoms with Gasteiger partial charge in [0.05, 0.1) is 0 Å². The summed E-state index contributed by atoms with van der Waals surface area (Å²) in [7, 11) is 0. The van der Waals surface area contributed by atoms with Gasteiger partial charge < -0.3 is 11.1 Å². The molecule has 7 heteroatoms. The molecule has 0 aliphatic carbocycles. The SMILES string of the molecule is CC(C)CC(CN)NC(=O)c1ccc(SC(F)(F)F)cc1. The Labute approximate surface area is 126 Å². The normalized spacial score (nSPS) is 13.3. The molecule has 0 spiro atoms. The lowest BCUT2D eigenvalue weighted by Crippen LogP contribution is -2.41. The fourth-order valence-corrected chi connectivity index (χ4v) is 2.40. The number of benzene rings is 1. The van der Waals surface area contributed by atoms with Crippen LogP contribution >= 0.6 is 11.8 Å². The molecule has 1 aromatic rings. The van der Waals surface area contributed by atoms with Gasteiger partial charge in [0.25, 0.3) is 5.91 Å². The van der Waals surface area contributed by atoms with Crippen molar-refractivity contribution < 1.29 is 18.0 Å². The first-order chi connectivity index (χ1) is 9.71. The fourth-order valence-electron chi connectivity index (χ4n) is 1.86. The van der Waals surface area contributed by atoms with Crippen molar-refractivity contribution in [3.63, 3.8) is 0 Å². The summed E-state index contributed by atoms with van der Waals surface area (Å²) in [6.07, 6.45) is 0.754. The van der Waals surface area contributed by atoms with Gasteiger partial charge in [0.15, 0.2) is 0 Å². The Bertz CT molecular complexity index is 460. The average molecular weight is 320 g/mol. The Morgan fingerprint density at radius 3 is 2.29 bits per heavy atom. The second-order valence-corrected chi connectivity index (χ2v) is 6.25. The van der Waals surface area contributed by atoms with Crippen LogP contribution in [0.3, 0.4) is 0 Å². The van der Waals surface area contributed by atoms with E-state index < -0.39 is 5.51 Å². The Balaban J connectivity index is 2.66. The number of carbonyl (C=O) groups excluding carboxylic acids is 1. The Morgan fingerprint density at radius 1 is 1.29 bits per heavy atom. The summed E-state index contributed by atoms with van der Waals surface area (Å²) >= 11 is -0.204. The molecular formula is C14H19F3N2OS. The number of halogens is 3. The van der Waals surface area contributed by atoms with Gasteiger partial charge in [0.1, 0.15) is 0 Å². The van der Waals surface area contributed by atoms with Crippen LogP contribution < -0.4 is 11.1 Å². The van der Waals surface area contributed by atoms with E-state index in [4.69, 9.17) is 5.73 Å². The molecule has 0 heterocycles. The largest absolute Gasteiger partial charge is 0.446 e.